The topological polar surface area (TPSA) is 68.3 Å². The number of benzene rings is 2. The summed E-state index contributed by atoms with van der Waals surface area (Å²) in [4.78, 5) is 10.1. The molecule has 2 N–H and O–H groups in total. The van der Waals surface area contributed by atoms with Gasteiger partial charge in [-0.05, 0) is 45.2 Å². The fraction of sp³-hybridized carbons (Fsp3) is 0.389. The van der Waals surface area contributed by atoms with E-state index in [0.29, 0.717) is 13.2 Å². The summed E-state index contributed by atoms with van der Waals surface area (Å²) in [5.74, 6) is 0. The van der Waals surface area contributed by atoms with Crippen molar-refractivity contribution in [3.05, 3.63) is 119 Å². The van der Waals surface area contributed by atoms with Gasteiger partial charge in [0.15, 0.2) is 0 Å². The zero-order chi connectivity index (χ0) is 29.5. The number of pyridine rings is 2. The maximum atomic E-state index is 6.52. The van der Waals surface area contributed by atoms with E-state index in [0.717, 1.165) is 22.5 Å². The first-order chi connectivity index (χ1) is 20.1. The molecule has 42 heavy (non-hydrogen) atoms. The zero-order valence-corrected chi connectivity index (χ0v) is 25.5. The van der Waals surface area contributed by atoms with Crippen LogP contribution in [0.2, 0.25) is 0 Å². The first kappa shape index (κ1) is 28.7. The molecule has 0 spiro atoms. The molecule has 6 heteroatoms. The Kier molecular flexibility index (Phi) is 7.75. The fourth-order valence-corrected chi connectivity index (χ4v) is 6.19. The Hall–Kier alpha value is -3.42. The van der Waals surface area contributed by atoms with Crippen LogP contribution in [0.15, 0.2) is 85.2 Å². The highest BCUT2D eigenvalue weighted by atomic mass is 16.5. The van der Waals surface area contributed by atoms with Crippen molar-refractivity contribution in [3.63, 3.8) is 0 Å². The summed E-state index contributed by atoms with van der Waals surface area (Å²) in [5.41, 5.74) is 8.30. The van der Waals surface area contributed by atoms with Gasteiger partial charge in [0.2, 0.25) is 0 Å². The molecule has 2 fully saturated rings. The Labute approximate surface area is 249 Å². The number of ether oxygens (including phenoxy) is 2. The van der Waals surface area contributed by atoms with E-state index in [-0.39, 0.29) is 35.4 Å². The third-order valence-corrected chi connectivity index (χ3v) is 8.31. The molecule has 2 aromatic heterocycles. The lowest BCUT2D eigenvalue weighted by molar-refractivity contribution is 0.0978. The molecule has 2 aliphatic rings. The molecule has 218 valence electrons. The molecule has 0 saturated carbocycles. The lowest BCUT2D eigenvalue weighted by Crippen LogP contribution is -2.26. The van der Waals surface area contributed by atoms with Gasteiger partial charge in [0.1, 0.15) is 12.5 Å². The molecule has 0 bridgehead atoms. The SMILES string of the molecule is CC(C)(C)c1ccnc(-c2nccc(C(C)(C)C)c2C2NC(c3ccccc3)CO2)c1C1NC(c2ccccc2)CO1. The van der Waals surface area contributed by atoms with Crippen molar-refractivity contribution < 1.29 is 9.47 Å². The van der Waals surface area contributed by atoms with Crippen LogP contribution in [0.4, 0.5) is 0 Å². The maximum Gasteiger partial charge on any atom is 0.137 e. The van der Waals surface area contributed by atoms with E-state index in [1.54, 1.807) is 0 Å². The summed E-state index contributed by atoms with van der Waals surface area (Å²) in [6.07, 6.45) is 3.17. The van der Waals surface area contributed by atoms with E-state index in [1.807, 2.05) is 24.5 Å². The van der Waals surface area contributed by atoms with Crippen molar-refractivity contribution in [2.45, 2.75) is 76.9 Å². The fourth-order valence-electron chi connectivity index (χ4n) is 6.19. The summed E-state index contributed by atoms with van der Waals surface area (Å²) in [7, 11) is 0. The minimum absolute atomic E-state index is 0.0943. The number of rotatable bonds is 5. The normalized spacial score (nSPS) is 22.9. The van der Waals surface area contributed by atoms with Crippen LogP contribution in [-0.4, -0.2) is 23.2 Å². The van der Waals surface area contributed by atoms with E-state index in [9.17, 15) is 0 Å². The zero-order valence-electron chi connectivity index (χ0n) is 25.5. The lowest BCUT2D eigenvalue weighted by Gasteiger charge is -2.30. The second-order valence-electron chi connectivity index (χ2n) is 13.4. The molecule has 0 radical (unpaired) electrons. The predicted octanol–water partition coefficient (Wildman–Crippen LogP) is 7.46. The van der Waals surface area contributed by atoms with Gasteiger partial charge in [-0.1, -0.05) is 102 Å². The molecule has 6 nitrogen and oxygen atoms in total. The molecule has 0 aliphatic carbocycles. The van der Waals surface area contributed by atoms with Gasteiger partial charge in [0, 0.05) is 23.5 Å². The predicted molar refractivity (Wildman–Crippen MR) is 167 cm³/mol. The van der Waals surface area contributed by atoms with Crippen LogP contribution in [0, 0.1) is 0 Å². The van der Waals surface area contributed by atoms with Gasteiger partial charge in [-0.3, -0.25) is 20.6 Å². The van der Waals surface area contributed by atoms with E-state index in [1.165, 1.54) is 22.3 Å². The van der Waals surface area contributed by atoms with Crippen LogP contribution >= 0.6 is 0 Å². The lowest BCUT2D eigenvalue weighted by atomic mass is 9.80. The smallest absolute Gasteiger partial charge is 0.137 e. The van der Waals surface area contributed by atoms with Crippen molar-refractivity contribution >= 4 is 0 Å². The number of hydrogen-bond acceptors (Lipinski definition) is 6. The summed E-state index contributed by atoms with van der Waals surface area (Å²) in [5, 5.41) is 7.54. The van der Waals surface area contributed by atoms with Crippen LogP contribution in [0.1, 0.15) is 99.5 Å². The Balaban J connectivity index is 1.48. The van der Waals surface area contributed by atoms with Crippen LogP contribution in [0.25, 0.3) is 11.4 Å². The molecule has 4 unspecified atom stereocenters. The van der Waals surface area contributed by atoms with Crippen molar-refractivity contribution in [2.24, 2.45) is 0 Å². The van der Waals surface area contributed by atoms with Crippen LogP contribution in [-0.2, 0) is 20.3 Å². The standard InChI is InChI=1S/C36H42N4O2/c1-35(2,3)25-17-19-37-31(29(25)33-39-27(21-41-33)23-13-9-7-10-14-23)32-30(26(18-20-38-32)36(4,5)6)34-40-28(22-42-34)24-15-11-8-12-16-24/h7-20,27-28,33-34,39-40H,21-22H2,1-6H3. The monoisotopic (exact) mass is 562 g/mol. The molecule has 2 aliphatic heterocycles. The third kappa shape index (κ3) is 5.64. The average molecular weight is 563 g/mol. The minimum atomic E-state index is -0.324. The highest BCUT2D eigenvalue weighted by molar-refractivity contribution is 5.68. The van der Waals surface area contributed by atoms with E-state index < -0.39 is 0 Å². The van der Waals surface area contributed by atoms with Gasteiger partial charge < -0.3 is 9.47 Å². The maximum absolute atomic E-state index is 6.52. The molecule has 4 atom stereocenters. The Morgan fingerprint density at radius 1 is 0.571 bits per heavy atom. The van der Waals surface area contributed by atoms with Crippen molar-refractivity contribution in [2.75, 3.05) is 13.2 Å². The quantitative estimate of drug-likeness (QED) is 0.263. The van der Waals surface area contributed by atoms with Gasteiger partial charge in [-0.15, -0.1) is 0 Å². The van der Waals surface area contributed by atoms with Crippen LogP contribution < -0.4 is 10.6 Å². The van der Waals surface area contributed by atoms with Gasteiger partial charge in [-0.2, -0.15) is 0 Å². The second kappa shape index (κ2) is 11.3. The van der Waals surface area contributed by atoms with Crippen molar-refractivity contribution in [1.29, 1.82) is 0 Å². The minimum Gasteiger partial charge on any atom is -0.357 e. The largest absolute Gasteiger partial charge is 0.357 e. The second-order valence-corrected chi connectivity index (χ2v) is 13.4. The van der Waals surface area contributed by atoms with Crippen LogP contribution in [0.5, 0.6) is 0 Å². The van der Waals surface area contributed by atoms with Gasteiger partial charge >= 0.3 is 0 Å². The van der Waals surface area contributed by atoms with Crippen molar-refractivity contribution in [1.82, 2.24) is 20.6 Å². The molecule has 2 saturated heterocycles. The van der Waals surface area contributed by atoms with Gasteiger partial charge in [0.25, 0.3) is 0 Å². The highest BCUT2D eigenvalue weighted by Crippen LogP contribution is 2.44. The van der Waals surface area contributed by atoms with Crippen molar-refractivity contribution in [3.8, 4) is 11.4 Å². The molecular weight excluding hydrogens is 520 g/mol. The van der Waals surface area contributed by atoms with E-state index >= 15 is 0 Å². The number of nitrogens with zero attached hydrogens (tertiary/aromatic N) is 2. The summed E-state index contributed by atoms with van der Waals surface area (Å²) >= 11 is 0. The highest BCUT2D eigenvalue weighted by Gasteiger charge is 2.38. The third-order valence-electron chi connectivity index (χ3n) is 8.31. The molecular formula is C36H42N4O2. The van der Waals surface area contributed by atoms with Gasteiger partial charge in [-0.25, -0.2) is 0 Å². The van der Waals surface area contributed by atoms with E-state index in [4.69, 9.17) is 19.4 Å². The Bertz CT molecular complexity index is 1410. The van der Waals surface area contributed by atoms with Gasteiger partial charge in [0.05, 0.1) is 36.7 Å². The summed E-state index contributed by atoms with van der Waals surface area (Å²) in [6, 6.07) is 25.4. The average Bonchev–Trinajstić information content (AvgIpc) is 3.67. The molecule has 0 amide bonds. The number of aromatic nitrogens is 2. The molecule has 6 rings (SSSR count). The number of hydrogen-bond donors (Lipinski definition) is 2. The summed E-state index contributed by atoms with van der Waals surface area (Å²) < 4.78 is 13.0. The van der Waals surface area contributed by atoms with Crippen LogP contribution in [0.3, 0.4) is 0 Å². The number of nitrogens with one attached hydrogen (secondary N) is 2. The van der Waals surface area contributed by atoms with E-state index in [2.05, 4.69) is 113 Å². The molecule has 4 heterocycles. The first-order valence-electron chi connectivity index (χ1n) is 15.0. The Morgan fingerprint density at radius 3 is 1.31 bits per heavy atom. The summed E-state index contributed by atoms with van der Waals surface area (Å²) in [6.45, 7) is 14.6. The molecule has 2 aromatic carbocycles. The first-order valence-corrected chi connectivity index (χ1v) is 15.0. The Morgan fingerprint density at radius 2 is 0.952 bits per heavy atom. The molecule has 4 aromatic rings.